The number of aryl methyl sites for hydroxylation is 2. The van der Waals surface area contributed by atoms with Crippen LogP contribution in [-0.2, 0) is 17.6 Å². The molecule has 0 bridgehead atoms. The number of hydrogen-bond acceptors (Lipinski definition) is 5. The molecule has 172 valence electrons. The Balaban J connectivity index is 0.000000387. The van der Waals surface area contributed by atoms with Crippen molar-refractivity contribution in [2.45, 2.75) is 53.4 Å². The Labute approximate surface area is 194 Å². The zero-order chi connectivity index (χ0) is 23.3. The first-order valence-electron chi connectivity index (χ1n) is 11.0. The smallest absolute Gasteiger partial charge is 0.258 e. The molecule has 0 saturated heterocycles. The van der Waals surface area contributed by atoms with Crippen LogP contribution in [-0.4, -0.2) is 18.9 Å². The number of fused-ring (bicyclic) bond motifs is 1. The third-order valence-corrected chi connectivity index (χ3v) is 5.90. The number of anilines is 2. The van der Waals surface area contributed by atoms with E-state index in [1.165, 1.54) is 16.2 Å². The van der Waals surface area contributed by atoms with Gasteiger partial charge in [0.1, 0.15) is 16.5 Å². The lowest BCUT2D eigenvalue weighted by molar-refractivity contribution is -0.105. The van der Waals surface area contributed by atoms with Crippen molar-refractivity contribution in [1.82, 2.24) is 0 Å². The number of thiophene rings is 1. The van der Waals surface area contributed by atoms with Gasteiger partial charge in [0.25, 0.3) is 5.91 Å². The van der Waals surface area contributed by atoms with E-state index >= 15 is 0 Å². The van der Waals surface area contributed by atoms with Gasteiger partial charge in [-0.05, 0) is 81.5 Å². The highest BCUT2D eigenvalue weighted by molar-refractivity contribution is 7.17. The van der Waals surface area contributed by atoms with Crippen molar-refractivity contribution >= 4 is 34.3 Å². The summed E-state index contributed by atoms with van der Waals surface area (Å²) in [6.45, 7) is 8.45. The number of rotatable bonds is 6. The molecule has 2 N–H and O–H groups in total. The lowest BCUT2D eigenvalue weighted by Crippen LogP contribution is -2.16. The first-order chi connectivity index (χ1) is 15.6. The van der Waals surface area contributed by atoms with Crippen LogP contribution in [0.25, 0.3) is 0 Å². The predicted octanol–water partition coefficient (Wildman–Crippen LogP) is 6.46. The summed E-state index contributed by atoms with van der Waals surface area (Å²) in [6, 6.07) is 11.1. The topological polar surface area (TPSA) is 80.6 Å². The van der Waals surface area contributed by atoms with Gasteiger partial charge in [0, 0.05) is 10.6 Å². The third-order valence-electron chi connectivity index (χ3n) is 4.68. The van der Waals surface area contributed by atoms with Crippen LogP contribution in [0.1, 0.15) is 60.2 Å². The molecule has 32 heavy (non-hydrogen) atoms. The molecule has 0 spiro atoms. The van der Waals surface area contributed by atoms with Gasteiger partial charge < -0.3 is 19.8 Å². The standard InChI is InChI=1S/C18H20N2O3S.C5H6O.C2H6/c1-2-23-13-9-7-12(8-10-13)20-17(22)16-14-5-3-4-6-15(14)24-18(16)19-11-21;1-5-3-2-4-6-5;1-2/h7-11H,2-6H2,1H3,(H,19,21)(H,20,22);2-4H,1H3;1-2H3. The fourth-order valence-electron chi connectivity index (χ4n) is 3.32. The van der Waals surface area contributed by atoms with E-state index in [2.05, 4.69) is 10.6 Å². The average molecular weight is 457 g/mol. The molecule has 7 heteroatoms. The molecule has 0 fully saturated rings. The van der Waals surface area contributed by atoms with Gasteiger partial charge in [0.2, 0.25) is 6.41 Å². The fourth-order valence-corrected chi connectivity index (χ4v) is 4.56. The highest BCUT2D eigenvalue weighted by Gasteiger charge is 2.25. The van der Waals surface area contributed by atoms with E-state index in [4.69, 9.17) is 9.15 Å². The second-order valence-electron chi connectivity index (χ2n) is 6.81. The number of benzene rings is 1. The van der Waals surface area contributed by atoms with E-state index in [0.717, 1.165) is 42.8 Å². The summed E-state index contributed by atoms with van der Waals surface area (Å²) in [5.41, 5.74) is 2.39. The van der Waals surface area contributed by atoms with Crippen molar-refractivity contribution in [1.29, 1.82) is 0 Å². The first-order valence-corrected chi connectivity index (χ1v) is 11.8. The summed E-state index contributed by atoms with van der Waals surface area (Å²) in [7, 11) is 0. The molecule has 0 radical (unpaired) electrons. The number of furan rings is 1. The summed E-state index contributed by atoms with van der Waals surface area (Å²) in [5, 5.41) is 6.24. The van der Waals surface area contributed by atoms with Crippen LogP contribution in [0, 0.1) is 6.92 Å². The van der Waals surface area contributed by atoms with Crippen LogP contribution in [0.2, 0.25) is 0 Å². The summed E-state index contributed by atoms with van der Waals surface area (Å²) in [4.78, 5) is 24.8. The van der Waals surface area contributed by atoms with Gasteiger partial charge in [-0.3, -0.25) is 9.59 Å². The molecular weight excluding hydrogens is 424 g/mol. The molecule has 0 aliphatic heterocycles. The molecule has 0 saturated carbocycles. The van der Waals surface area contributed by atoms with Gasteiger partial charge in [-0.15, -0.1) is 11.3 Å². The Bertz CT molecular complexity index is 963. The Morgan fingerprint density at radius 1 is 1.16 bits per heavy atom. The van der Waals surface area contributed by atoms with Crippen LogP contribution in [0.3, 0.4) is 0 Å². The fraction of sp³-hybridized carbons (Fsp3) is 0.360. The lowest BCUT2D eigenvalue weighted by atomic mass is 9.95. The normalized spacial score (nSPS) is 11.6. The number of amides is 2. The Kier molecular flexibility index (Phi) is 10.5. The van der Waals surface area contributed by atoms with E-state index in [0.29, 0.717) is 29.3 Å². The van der Waals surface area contributed by atoms with Crippen molar-refractivity contribution < 1.29 is 18.7 Å². The minimum Gasteiger partial charge on any atom is -0.494 e. The number of carbonyl (C=O) groups is 2. The van der Waals surface area contributed by atoms with Gasteiger partial charge >= 0.3 is 0 Å². The number of nitrogens with one attached hydrogen (secondary N) is 2. The van der Waals surface area contributed by atoms with Crippen LogP contribution in [0.15, 0.2) is 47.1 Å². The maximum Gasteiger partial charge on any atom is 0.258 e. The second-order valence-corrected chi connectivity index (χ2v) is 7.92. The zero-order valence-electron chi connectivity index (χ0n) is 19.2. The van der Waals surface area contributed by atoms with E-state index < -0.39 is 0 Å². The van der Waals surface area contributed by atoms with Gasteiger partial charge in [0.05, 0.1) is 18.4 Å². The van der Waals surface area contributed by atoms with Crippen LogP contribution in [0.5, 0.6) is 5.75 Å². The van der Waals surface area contributed by atoms with Crippen molar-refractivity contribution in [3.8, 4) is 5.75 Å². The Morgan fingerprint density at radius 2 is 1.88 bits per heavy atom. The van der Waals surface area contributed by atoms with Crippen LogP contribution >= 0.6 is 11.3 Å². The number of carbonyl (C=O) groups excluding carboxylic acids is 2. The SMILES string of the molecule is CC.CCOc1ccc(NC(=O)c2c(NC=O)sc3c2CCCC3)cc1.Cc1ccco1. The van der Waals surface area contributed by atoms with E-state index in [1.54, 1.807) is 6.26 Å². The van der Waals surface area contributed by atoms with E-state index in [1.807, 2.05) is 64.1 Å². The van der Waals surface area contributed by atoms with Crippen LogP contribution in [0.4, 0.5) is 10.7 Å². The third kappa shape index (κ3) is 6.99. The maximum atomic E-state index is 12.8. The minimum atomic E-state index is -0.178. The second kappa shape index (κ2) is 13.4. The Morgan fingerprint density at radius 3 is 2.44 bits per heavy atom. The molecule has 3 aromatic rings. The molecular formula is C25H32N2O4S. The molecule has 1 aromatic carbocycles. The quantitative estimate of drug-likeness (QED) is 0.417. The summed E-state index contributed by atoms with van der Waals surface area (Å²) < 4.78 is 10.2. The molecule has 4 rings (SSSR count). The summed E-state index contributed by atoms with van der Waals surface area (Å²) in [6.07, 6.45) is 6.37. The molecule has 6 nitrogen and oxygen atoms in total. The maximum absolute atomic E-state index is 12.8. The van der Waals surface area contributed by atoms with Gasteiger partial charge in [-0.25, -0.2) is 0 Å². The van der Waals surface area contributed by atoms with Gasteiger partial charge in [-0.2, -0.15) is 0 Å². The summed E-state index contributed by atoms with van der Waals surface area (Å²) >= 11 is 1.51. The minimum absolute atomic E-state index is 0.178. The molecule has 2 aromatic heterocycles. The number of ether oxygens (including phenoxy) is 1. The molecule has 1 aliphatic carbocycles. The first kappa shape index (κ1) is 25.2. The Hall–Kier alpha value is -3.06. The lowest BCUT2D eigenvalue weighted by Gasteiger charge is -2.13. The van der Waals surface area contributed by atoms with Gasteiger partial charge in [-0.1, -0.05) is 13.8 Å². The molecule has 2 amide bonds. The van der Waals surface area contributed by atoms with Crippen molar-refractivity contribution in [3.05, 3.63) is 64.4 Å². The van der Waals surface area contributed by atoms with Crippen molar-refractivity contribution in [2.24, 2.45) is 0 Å². The predicted molar refractivity (Wildman–Crippen MR) is 131 cm³/mol. The van der Waals surface area contributed by atoms with E-state index in [9.17, 15) is 9.59 Å². The zero-order valence-corrected chi connectivity index (χ0v) is 20.0. The molecule has 0 atom stereocenters. The number of hydrogen-bond donors (Lipinski definition) is 2. The molecule has 1 aliphatic rings. The van der Waals surface area contributed by atoms with Crippen molar-refractivity contribution in [3.63, 3.8) is 0 Å². The van der Waals surface area contributed by atoms with Crippen molar-refractivity contribution in [2.75, 3.05) is 17.2 Å². The largest absolute Gasteiger partial charge is 0.494 e. The molecule has 2 heterocycles. The summed E-state index contributed by atoms with van der Waals surface area (Å²) in [5.74, 6) is 1.56. The monoisotopic (exact) mass is 456 g/mol. The van der Waals surface area contributed by atoms with Crippen LogP contribution < -0.4 is 15.4 Å². The highest BCUT2D eigenvalue weighted by atomic mass is 32.1. The van der Waals surface area contributed by atoms with Gasteiger partial charge in [0.15, 0.2) is 0 Å². The molecule has 0 unspecified atom stereocenters. The highest BCUT2D eigenvalue weighted by Crippen LogP contribution is 2.38. The average Bonchev–Trinajstić information content (AvgIpc) is 3.43. The van der Waals surface area contributed by atoms with E-state index in [-0.39, 0.29) is 5.91 Å².